The van der Waals surface area contributed by atoms with E-state index in [0.29, 0.717) is 0 Å². The van der Waals surface area contributed by atoms with Crippen molar-refractivity contribution in [3.05, 3.63) is 64.2 Å². The molecule has 2 aromatic carbocycles. The normalized spacial score (nSPS) is 13.8. The highest BCUT2D eigenvalue weighted by Gasteiger charge is 2.15. The molecule has 124 valence electrons. The van der Waals surface area contributed by atoms with Gasteiger partial charge in [-0.1, -0.05) is 47.5 Å². The van der Waals surface area contributed by atoms with Gasteiger partial charge in [-0.25, -0.2) is 0 Å². The van der Waals surface area contributed by atoms with Crippen molar-refractivity contribution in [3.8, 4) is 0 Å². The van der Waals surface area contributed by atoms with Crippen LogP contribution in [0.1, 0.15) is 39.6 Å². The van der Waals surface area contributed by atoms with Crippen LogP contribution in [-0.2, 0) is 0 Å². The third kappa shape index (κ3) is 5.45. The van der Waals surface area contributed by atoms with Crippen LogP contribution >= 0.6 is 35.0 Å². The second kappa shape index (κ2) is 8.46. The van der Waals surface area contributed by atoms with E-state index >= 15 is 0 Å². The van der Waals surface area contributed by atoms with Gasteiger partial charge < -0.3 is 0 Å². The van der Waals surface area contributed by atoms with Gasteiger partial charge in [-0.3, -0.25) is 0 Å². The molecular weight excluding hydrogens is 343 g/mol. The first kappa shape index (κ1) is 18.7. The predicted molar refractivity (Wildman–Crippen MR) is 105 cm³/mol. The molecule has 0 aliphatic rings. The molecule has 0 aliphatic carbocycles. The van der Waals surface area contributed by atoms with E-state index in [0.717, 1.165) is 17.7 Å². The van der Waals surface area contributed by atoms with Crippen molar-refractivity contribution in [3.63, 3.8) is 0 Å². The molecule has 0 bridgehead atoms. The zero-order valence-corrected chi connectivity index (χ0v) is 16.5. The van der Waals surface area contributed by atoms with E-state index in [1.807, 2.05) is 11.8 Å². The lowest BCUT2D eigenvalue weighted by Gasteiger charge is -2.16. The number of rotatable bonds is 6. The summed E-state index contributed by atoms with van der Waals surface area (Å²) in [5.74, 6) is 0.876. The van der Waals surface area contributed by atoms with Gasteiger partial charge >= 0.3 is 0 Å². The molecule has 0 spiro atoms. The molecule has 0 amide bonds. The van der Waals surface area contributed by atoms with E-state index in [1.54, 1.807) is 0 Å². The van der Waals surface area contributed by atoms with Crippen LogP contribution in [0.2, 0.25) is 0 Å². The lowest BCUT2D eigenvalue weighted by Crippen LogP contribution is -2.07. The number of hydrogen-bond donors (Lipinski definition) is 0. The molecule has 0 fully saturated rings. The van der Waals surface area contributed by atoms with Gasteiger partial charge in [0.05, 0.1) is 5.38 Å². The van der Waals surface area contributed by atoms with Crippen molar-refractivity contribution in [2.24, 2.45) is 0 Å². The van der Waals surface area contributed by atoms with Crippen LogP contribution in [0, 0.1) is 27.7 Å². The Kier molecular flexibility index (Phi) is 6.88. The second-order valence-corrected chi connectivity index (χ2v) is 8.42. The molecule has 2 unspecified atom stereocenters. The van der Waals surface area contributed by atoms with Gasteiger partial charge in [0, 0.05) is 16.0 Å². The summed E-state index contributed by atoms with van der Waals surface area (Å²) in [5.41, 5.74) is 6.37. The summed E-state index contributed by atoms with van der Waals surface area (Å²) in [7, 11) is 0. The van der Waals surface area contributed by atoms with Gasteiger partial charge in [-0.2, -0.15) is 0 Å². The summed E-state index contributed by atoms with van der Waals surface area (Å²) >= 11 is 14.9. The molecule has 0 aliphatic heterocycles. The molecule has 0 N–H and O–H groups in total. The maximum absolute atomic E-state index is 6.54. The molecule has 3 heteroatoms. The van der Waals surface area contributed by atoms with Crippen LogP contribution < -0.4 is 0 Å². The SMILES string of the molecule is Cc1ccc(C(Cl)CC(Cl)CSc2c(C)cc(C)cc2C)cc1. The van der Waals surface area contributed by atoms with Crippen molar-refractivity contribution in [2.75, 3.05) is 5.75 Å². The van der Waals surface area contributed by atoms with Gasteiger partial charge in [0.2, 0.25) is 0 Å². The van der Waals surface area contributed by atoms with Crippen molar-refractivity contribution in [2.45, 2.75) is 49.8 Å². The van der Waals surface area contributed by atoms with Crippen LogP contribution in [0.3, 0.4) is 0 Å². The Morgan fingerprint density at radius 2 is 1.43 bits per heavy atom. The largest absolute Gasteiger partial charge is 0.124 e. The first-order chi connectivity index (χ1) is 10.9. The van der Waals surface area contributed by atoms with Gasteiger partial charge in [0.15, 0.2) is 0 Å². The topological polar surface area (TPSA) is 0 Å². The highest BCUT2D eigenvalue weighted by molar-refractivity contribution is 7.99. The summed E-state index contributed by atoms with van der Waals surface area (Å²) < 4.78 is 0. The minimum atomic E-state index is -0.0288. The Bertz CT molecular complexity index is 626. The van der Waals surface area contributed by atoms with Crippen LogP contribution in [0.25, 0.3) is 0 Å². The van der Waals surface area contributed by atoms with Crippen molar-refractivity contribution >= 4 is 35.0 Å². The highest BCUT2D eigenvalue weighted by atomic mass is 35.5. The average molecular weight is 367 g/mol. The maximum Gasteiger partial charge on any atom is 0.0599 e. The molecule has 0 nitrogen and oxygen atoms in total. The Balaban J connectivity index is 1.92. The molecule has 2 atom stereocenters. The van der Waals surface area contributed by atoms with Crippen molar-refractivity contribution in [1.82, 2.24) is 0 Å². The van der Waals surface area contributed by atoms with Crippen LogP contribution in [-0.4, -0.2) is 11.1 Å². The lowest BCUT2D eigenvalue weighted by molar-refractivity contribution is 0.784. The summed E-state index contributed by atoms with van der Waals surface area (Å²) in [6.45, 7) is 8.56. The Labute approximate surface area is 154 Å². The Hall–Kier alpha value is -0.630. The minimum absolute atomic E-state index is 0.0288. The lowest BCUT2D eigenvalue weighted by atomic mass is 10.1. The fourth-order valence-corrected chi connectivity index (χ4v) is 4.65. The zero-order chi connectivity index (χ0) is 17.0. The first-order valence-corrected chi connectivity index (χ1v) is 9.78. The van der Waals surface area contributed by atoms with Crippen LogP contribution in [0.4, 0.5) is 0 Å². The summed E-state index contributed by atoms with van der Waals surface area (Å²) in [6.07, 6.45) is 0.781. The van der Waals surface area contributed by atoms with Crippen LogP contribution in [0.15, 0.2) is 41.3 Å². The Morgan fingerprint density at radius 1 is 0.870 bits per heavy atom. The van der Waals surface area contributed by atoms with E-state index in [4.69, 9.17) is 23.2 Å². The Morgan fingerprint density at radius 3 is 2.00 bits per heavy atom. The second-order valence-electron chi connectivity index (χ2n) is 6.25. The first-order valence-electron chi connectivity index (χ1n) is 7.92. The fourth-order valence-electron chi connectivity index (χ4n) is 2.77. The van der Waals surface area contributed by atoms with E-state index in [2.05, 4.69) is 64.1 Å². The molecular formula is C20H24Cl2S. The molecule has 0 aromatic heterocycles. The monoisotopic (exact) mass is 366 g/mol. The number of halogens is 2. The number of benzene rings is 2. The summed E-state index contributed by atoms with van der Waals surface area (Å²) in [5, 5.41) is 0.0304. The molecule has 0 heterocycles. The molecule has 2 aromatic rings. The smallest absolute Gasteiger partial charge is 0.0599 e. The summed E-state index contributed by atoms with van der Waals surface area (Å²) in [6, 6.07) is 12.9. The van der Waals surface area contributed by atoms with E-state index < -0.39 is 0 Å². The third-order valence-corrected chi connectivity index (χ3v) is 6.36. The zero-order valence-electron chi connectivity index (χ0n) is 14.2. The molecule has 2 rings (SSSR count). The number of hydrogen-bond acceptors (Lipinski definition) is 1. The van der Waals surface area contributed by atoms with Gasteiger partial charge in [-0.15, -0.1) is 35.0 Å². The average Bonchev–Trinajstić information content (AvgIpc) is 2.46. The molecule has 0 radical (unpaired) electrons. The number of aryl methyl sites for hydroxylation is 4. The third-order valence-electron chi connectivity index (χ3n) is 3.91. The van der Waals surface area contributed by atoms with E-state index in [9.17, 15) is 0 Å². The quantitative estimate of drug-likeness (QED) is 0.392. The maximum atomic E-state index is 6.54. The minimum Gasteiger partial charge on any atom is -0.124 e. The van der Waals surface area contributed by atoms with Gasteiger partial charge in [0.25, 0.3) is 0 Å². The van der Waals surface area contributed by atoms with E-state index in [-0.39, 0.29) is 10.8 Å². The van der Waals surface area contributed by atoms with Crippen molar-refractivity contribution < 1.29 is 0 Å². The molecule has 0 saturated heterocycles. The van der Waals surface area contributed by atoms with Gasteiger partial charge in [0.1, 0.15) is 0 Å². The standard InChI is InChI=1S/C20H24Cl2S/c1-13-5-7-17(8-6-13)19(22)11-18(21)12-23-20-15(3)9-14(2)10-16(20)4/h5-10,18-19H,11-12H2,1-4H3. The molecule has 23 heavy (non-hydrogen) atoms. The summed E-state index contributed by atoms with van der Waals surface area (Å²) in [4.78, 5) is 1.35. The molecule has 0 saturated carbocycles. The van der Waals surface area contributed by atoms with Crippen molar-refractivity contribution in [1.29, 1.82) is 0 Å². The predicted octanol–water partition coefficient (Wildman–Crippen LogP) is 6.99. The number of alkyl halides is 2. The highest BCUT2D eigenvalue weighted by Crippen LogP contribution is 2.33. The van der Waals surface area contributed by atoms with Gasteiger partial charge in [-0.05, 0) is 50.8 Å². The number of thioether (sulfide) groups is 1. The van der Waals surface area contributed by atoms with Crippen LogP contribution in [0.5, 0.6) is 0 Å². The van der Waals surface area contributed by atoms with E-state index in [1.165, 1.54) is 27.1 Å². The fraction of sp³-hybridized carbons (Fsp3) is 0.400.